The van der Waals surface area contributed by atoms with Crippen LogP contribution in [-0.4, -0.2) is 62.2 Å². The van der Waals surface area contributed by atoms with Gasteiger partial charge in [-0.1, -0.05) is 24.3 Å². The molecule has 0 unspecified atom stereocenters. The van der Waals surface area contributed by atoms with Gasteiger partial charge < -0.3 is 21.5 Å². The third-order valence-electron chi connectivity index (χ3n) is 3.04. The number of likely N-dealkylation sites (N-methyl/N-ethyl adjacent to an activating group) is 2. The Bertz CT molecular complexity index is 219. The molecule has 8 heteroatoms. The fourth-order valence-electron chi connectivity index (χ4n) is 1.86. The van der Waals surface area contributed by atoms with Gasteiger partial charge in [0.15, 0.2) is 0 Å². The molecule has 0 saturated carbocycles. The highest BCUT2D eigenvalue weighted by molar-refractivity contribution is 4.61. The van der Waals surface area contributed by atoms with Crippen LogP contribution < -0.4 is 11.7 Å². The van der Waals surface area contributed by atoms with E-state index in [0.717, 1.165) is 45.7 Å². The van der Waals surface area contributed by atoms with Gasteiger partial charge in [-0.3, -0.25) is 0 Å². The van der Waals surface area contributed by atoms with Gasteiger partial charge in [0.1, 0.15) is 0 Å². The Balaban J connectivity index is 3.75. The molecule has 0 aliphatic carbocycles. The summed E-state index contributed by atoms with van der Waals surface area (Å²) in [6.07, 6.45) is 1.13. The Morgan fingerprint density at radius 3 is 1.47 bits per heavy atom. The van der Waals surface area contributed by atoms with Crippen LogP contribution in [0.1, 0.15) is 20.3 Å². The summed E-state index contributed by atoms with van der Waals surface area (Å²) in [5, 5.41) is 14.1. The van der Waals surface area contributed by atoms with E-state index in [-0.39, 0.29) is 0 Å². The van der Waals surface area contributed by atoms with Gasteiger partial charge in [-0.05, 0) is 32.6 Å². The van der Waals surface area contributed by atoms with Gasteiger partial charge in [0, 0.05) is 13.1 Å². The van der Waals surface area contributed by atoms with E-state index in [9.17, 15) is 0 Å². The third-order valence-corrected chi connectivity index (χ3v) is 3.04. The number of nitrogens with zero attached hydrogens (tertiary/aromatic N) is 6. The van der Waals surface area contributed by atoms with Crippen LogP contribution >= 0.6 is 0 Å². The maximum atomic E-state index is 4.98. The first-order chi connectivity index (χ1) is 9.28. The van der Waals surface area contributed by atoms with Crippen molar-refractivity contribution in [2.45, 2.75) is 20.3 Å². The first-order valence-electron chi connectivity index (χ1n) is 6.86. The van der Waals surface area contributed by atoms with Crippen LogP contribution in [-0.2, 0) is 0 Å². The second-order valence-electron chi connectivity index (χ2n) is 4.18. The van der Waals surface area contributed by atoms with Crippen LogP contribution in [0.5, 0.6) is 0 Å². The molecule has 0 aromatic carbocycles. The summed E-state index contributed by atoms with van der Waals surface area (Å²) in [5.41, 5.74) is 0. The fourth-order valence-corrected chi connectivity index (χ4v) is 1.86. The average molecular weight is 272 g/mol. The zero-order valence-corrected chi connectivity index (χ0v) is 12.2. The van der Waals surface area contributed by atoms with Gasteiger partial charge in [0.2, 0.25) is 0 Å². The highest BCUT2D eigenvalue weighted by Crippen LogP contribution is 1.96. The van der Waals surface area contributed by atoms with E-state index < -0.39 is 0 Å². The molecule has 0 rings (SSSR count). The topological polar surface area (TPSA) is 108 Å². The number of nitrogens with two attached hydrogens (primary N) is 2. The van der Waals surface area contributed by atoms with E-state index in [1.54, 1.807) is 0 Å². The Labute approximate surface area is 115 Å². The van der Waals surface area contributed by atoms with E-state index in [4.69, 9.17) is 11.7 Å². The Hall–Kier alpha value is -1.28. The number of hydrogen-bond donors (Lipinski definition) is 2. The largest absolute Gasteiger partial charge is 0.305 e. The van der Waals surface area contributed by atoms with Gasteiger partial charge in [-0.2, -0.15) is 10.2 Å². The molecular weight excluding hydrogens is 244 g/mol. The molecule has 0 atom stereocenters. The maximum absolute atomic E-state index is 4.98. The summed E-state index contributed by atoms with van der Waals surface area (Å²) in [6.45, 7) is 11.6. The van der Waals surface area contributed by atoms with Crippen LogP contribution in [0.3, 0.4) is 0 Å². The number of rotatable bonds is 12. The van der Waals surface area contributed by atoms with Crippen LogP contribution in [0.2, 0.25) is 0 Å². The zero-order valence-electron chi connectivity index (χ0n) is 12.2. The van der Waals surface area contributed by atoms with Crippen LogP contribution in [0.15, 0.2) is 20.7 Å². The van der Waals surface area contributed by atoms with Crippen molar-refractivity contribution in [3.05, 3.63) is 0 Å². The average Bonchev–Trinajstić information content (AvgIpc) is 2.44. The first-order valence-corrected chi connectivity index (χ1v) is 6.86. The highest BCUT2D eigenvalue weighted by atomic mass is 15.3. The monoisotopic (exact) mass is 272 g/mol. The lowest BCUT2D eigenvalue weighted by Crippen LogP contribution is -2.32. The second-order valence-corrected chi connectivity index (χ2v) is 4.18. The molecule has 0 aliphatic rings. The third kappa shape index (κ3) is 10.3. The summed E-state index contributed by atoms with van der Waals surface area (Å²) >= 11 is 0. The first kappa shape index (κ1) is 17.7. The molecule has 0 saturated heterocycles. The van der Waals surface area contributed by atoms with Crippen molar-refractivity contribution in [1.82, 2.24) is 9.80 Å². The molecule has 0 aromatic rings. The summed E-state index contributed by atoms with van der Waals surface area (Å²) in [6, 6.07) is 0. The van der Waals surface area contributed by atoms with Crippen molar-refractivity contribution in [1.29, 1.82) is 0 Å². The summed E-state index contributed by atoms with van der Waals surface area (Å²) in [5.74, 6) is 9.96. The van der Waals surface area contributed by atoms with Gasteiger partial charge in [0.05, 0.1) is 13.1 Å². The van der Waals surface area contributed by atoms with Crippen molar-refractivity contribution < 1.29 is 0 Å². The molecule has 0 spiro atoms. The van der Waals surface area contributed by atoms with Crippen molar-refractivity contribution in [3.8, 4) is 0 Å². The van der Waals surface area contributed by atoms with E-state index in [1.165, 1.54) is 0 Å². The molecule has 0 aliphatic heterocycles. The van der Waals surface area contributed by atoms with Gasteiger partial charge in [0.25, 0.3) is 0 Å². The van der Waals surface area contributed by atoms with Gasteiger partial charge >= 0.3 is 0 Å². The summed E-state index contributed by atoms with van der Waals surface area (Å²) in [7, 11) is 0. The molecule has 0 fully saturated rings. The normalized spacial score (nSPS) is 12.4. The van der Waals surface area contributed by atoms with Crippen molar-refractivity contribution in [2.24, 2.45) is 32.4 Å². The molecule has 0 radical (unpaired) electrons. The smallest absolute Gasteiger partial charge is 0.0747 e. The van der Waals surface area contributed by atoms with E-state index in [1.807, 2.05) is 0 Å². The molecule has 112 valence electrons. The lowest BCUT2D eigenvalue weighted by molar-refractivity contribution is 0.243. The predicted molar refractivity (Wildman–Crippen MR) is 76.7 cm³/mol. The summed E-state index contributed by atoms with van der Waals surface area (Å²) < 4.78 is 0. The van der Waals surface area contributed by atoms with E-state index in [2.05, 4.69) is 44.3 Å². The zero-order chi connectivity index (χ0) is 14.3. The van der Waals surface area contributed by atoms with E-state index >= 15 is 0 Å². The molecular formula is C11H28N8. The molecule has 0 amide bonds. The van der Waals surface area contributed by atoms with Crippen molar-refractivity contribution in [2.75, 3.05) is 52.4 Å². The second kappa shape index (κ2) is 13.2. The standard InChI is InChI=1S/C11H28N8/c1-3-18(10-6-14-16-12)8-5-9-19(4-2)11-7-15-17-13/h3-11H2,1-2H3,(H2,12,14)(H2,13,15). The Morgan fingerprint density at radius 1 is 0.737 bits per heavy atom. The SMILES string of the molecule is CCN(CCCN(CC)CCN=NN)CCN=NN. The molecule has 8 nitrogen and oxygen atoms in total. The minimum Gasteiger partial charge on any atom is -0.305 e. The molecule has 4 N–H and O–H groups in total. The molecule has 0 aromatic heterocycles. The van der Waals surface area contributed by atoms with Crippen LogP contribution in [0, 0.1) is 0 Å². The minimum atomic E-state index is 0.665. The quantitative estimate of drug-likeness (QED) is 0.309. The predicted octanol–water partition coefficient (Wildman–Crippen LogP) is 0.672. The molecule has 19 heavy (non-hydrogen) atoms. The van der Waals surface area contributed by atoms with Crippen LogP contribution in [0.4, 0.5) is 0 Å². The number of hydrogen-bond acceptors (Lipinski definition) is 6. The highest BCUT2D eigenvalue weighted by Gasteiger charge is 2.05. The Morgan fingerprint density at radius 2 is 1.16 bits per heavy atom. The van der Waals surface area contributed by atoms with Crippen LogP contribution in [0.25, 0.3) is 0 Å². The van der Waals surface area contributed by atoms with Crippen molar-refractivity contribution in [3.63, 3.8) is 0 Å². The summed E-state index contributed by atoms with van der Waals surface area (Å²) in [4.78, 5) is 4.70. The molecule has 0 bridgehead atoms. The lowest BCUT2D eigenvalue weighted by Gasteiger charge is -2.23. The lowest BCUT2D eigenvalue weighted by atomic mass is 10.3. The van der Waals surface area contributed by atoms with E-state index in [0.29, 0.717) is 13.1 Å². The van der Waals surface area contributed by atoms with Crippen molar-refractivity contribution >= 4 is 0 Å². The minimum absolute atomic E-state index is 0.665. The fraction of sp³-hybridized carbons (Fsp3) is 1.00. The molecule has 0 heterocycles. The maximum Gasteiger partial charge on any atom is 0.0747 e. The van der Waals surface area contributed by atoms with Gasteiger partial charge in [-0.25, -0.2) is 0 Å². The van der Waals surface area contributed by atoms with Gasteiger partial charge in [-0.15, -0.1) is 0 Å². The Kier molecular flexibility index (Phi) is 12.3.